The van der Waals surface area contributed by atoms with Gasteiger partial charge < -0.3 is 16.6 Å². The number of nitrogen functional groups attached to an aromatic ring is 2. The highest BCUT2D eigenvalue weighted by Gasteiger charge is 2.10. The first-order chi connectivity index (χ1) is 12.4. The van der Waals surface area contributed by atoms with Crippen LogP contribution < -0.4 is 11.5 Å². The summed E-state index contributed by atoms with van der Waals surface area (Å²) in [4.78, 5) is 27.8. The van der Waals surface area contributed by atoms with E-state index in [1.807, 2.05) is 19.1 Å². The molecule has 0 unspecified atom stereocenters. The third-order valence-electron chi connectivity index (χ3n) is 4.00. The summed E-state index contributed by atoms with van der Waals surface area (Å²) in [7, 11) is 0. The number of anilines is 2. The van der Waals surface area contributed by atoms with Gasteiger partial charge in [-0.25, -0.2) is 14.8 Å². The Morgan fingerprint density at radius 3 is 2.65 bits per heavy atom. The summed E-state index contributed by atoms with van der Waals surface area (Å²) in [6.45, 7) is 3.79. The molecule has 0 aliphatic rings. The highest BCUT2D eigenvalue weighted by atomic mass is 16.4. The van der Waals surface area contributed by atoms with E-state index in [4.69, 9.17) is 16.6 Å². The van der Waals surface area contributed by atoms with Crippen molar-refractivity contribution < 1.29 is 9.90 Å². The summed E-state index contributed by atoms with van der Waals surface area (Å²) < 4.78 is 0. The van der Waals surface area contributed by atoms with Crippen LogP contribution in [0, 0.1) is 6.92 Å². The molecule has 0 spiro atoms. The largest absolute Gasteiger partial charge is 0.478 e. The molecule has 0 bridgehead atoms. The average molecular weight is 350 g/mol. The van der Waals surface area contributed by atoms with E-state index in [0.717, 1.165) is 17.6 Å². The van der Waals surface area contributed by atoms with E-state index < -0.39 is 5.97 Å². The molecule has 1 aromatic carbocycles. The van der Waals surface area contributed by atoms with Crippen molar-refractivity contribution in [2.24, 2.45) is 0 Å². The van der Waals surface area contributed by atoms with Gasteiger partial charge >= 0.3 is 5.97 Å². The fraction of sp³-hybridized carbons (Fsp3) is 0.167. The normalized spacial score (nSPS) is 11.7. The Morgan fingerprint density at radius 2 is 2.00 bits per heavy atom. The smallest absolute Gasteiger partial charge is 0.335 e. The predicted molar refractivity (Wildman–Crippen MR) is 100 cm³/mol. The van der Waals surface area contributed by atoms with Gasteiger partial charge in [-0.15, -0.1) is 0 Å². The number of rotatable bonds is 4. The van der Waals surface area contributed by atoms with Crippen LogP contribution in [0.15, 0.2) is 24.4 Å². The minimum absolute atomic E-state index is 0.0517. The number of benzene rings is 1. The first-order valence-corrected chi connectivity index (χ1v) is 7.99. The number of carboxylic acid groups (broad SMARTS) is 1. The molecule has 8 nitrogen and oxygen atoms in total. The number of allylic oxidation sites excluding steroid dienone is 1. The molecule has 2 aromatic heterocycles. The molecule has 0 fully saturated rings. The molecule has 8 heteroatoms. The number of aromatic nitrogens is 4. The Morgan fingerprint density at radius 1 is 1.23 bits per heavy atom. The van der Waals surface area contributed by atoms with E-state index in [2.05, 4.69) is 19.9 Å². The molecule has 2 heterocycles. The maximum Gasteiger partial charge on any atom is 0.335 e. The first-order valence-electron chi connectivity index (χ1n) is 7.99. The molecule has 0 radical (unpaired) electrons. The second-order valence-corrected chi connectivity index (χ2v) is 5.79. The maximum atomic E-state index is 11.2. The molecule has 0 atom stereocenters. The van der Waals surface area contributed by atoms with Crippen LogP contribution in [0.25, 0.3) is 22.8 Å². The van der Waals surface area contributed by atoms with Gasteiger partial charge in [0.1, 0.15) is 0 Å². The number of nitrogens with zero attached hydrogens (tertiary/aromatic N) is 4. The molecule has 0 saturated carbocycles. The van der Waals surface area contributed by atoms with E-state index >= 15 is 0 Å². The minimum Gasteiger partial charge on any atom is -0.478 e. The number of aromatic carboxylic acids is 1. The summed E-state index contributed by atoms with van der Waals surface area (Å²) in [5.41, 5.74) is 15.7. The van der Waals surface area contributed by atoms with Crippen LogP contribution in [0.4, 0.5) is 11.8 Å². The average Bonchev–Trinajstić information content (AvgIpc) is 2.59. The summed E-state index contributed by atoms with van der Waals surface area (Å²) >= 11 is 0. The Balaban J connectivity index is 2.05. The van der Waals surface area contributed by atoms with Gasteiger partial charge in [0.25, 0.3) is 0 Å². The van der Waals surface area contributed by atoms with Crippen molar-refractivity contribution in [3.63, 3.8) is 0 Å². The van der Waals surface area contributed by atoms with E-state index in [1.165, 1.54) is 0 Å². The zero-order valence-corrected chi connectivity index (χ0v) is 14.4. The Hall–Kier alpha value is -3.55. The number of hydrogen-bond donors (Lipinski definition) is 3. The second kappa shape index (κ2) is 6.75. The van der Waals surface area contributed by atoms with Gasteiger partial charge in [-0.3, -0.25) is 0 Å². The van der Waals surface area contributed by atoms with Crippen molar-refractivity contribution in [3.8, 4) is 0 Å². The molecular formula is C18H18N6O2. The van der Waals surface area contributed by atoms with Gasteiger partial charge in [0.15, 0.2) is 17.0 Å². The van der Waals surface area contributed by atoms with Crippen molar-refractivity contribution >= 4 is 40.5 Å². The number of carbonyl (C=O) groups is 1. The monoisotopic (exact) mass is 350 g/mol. The number of fused-ring (bicyclic) bond motifs is 1. The Bertz CT molecular complexity index is 1050. The fourth-order valence-electron chi connectivity index (χ4n) is 2.70. The van der Waals surface area contributed by atoms with Crippen molar-refractivity contribution in [2.45, 2.75) is 20.3 Å². The van der Waals surface area contributed by atoms with Gasteiger partial charge in [0, 0.05) is 0 Å². The van der Waals surface area contributed by atoms with Crippen molar-refractivity contribution in [1.29, 1.82) is 0 Å². The lowest BCUT2D eigenvalue weighted by molar-refractivity contribution is 0.0696. The summed E-state index contributed by atoms with van der Waals surface area (Å²) in [5.74, 6) is -0.711. The van der Waals surface area contributed by atoms with Crippen molar-refractivity contribution in [3.05, 3.63) is 46.8 Å². The van der Waals surface area contributed by atoms with Gasteiger partial charge in [-0.1, -0.05) is 19.1 Å². The Labute approximate surface area is 149 Å². The van der Waals surface area contributed by atoms with E-state index in [-0.39, 0.29) is 17.3 Å². The fourth-order valence-corrected chi connectivity index (χ4v) is 2.70. The summed E-state index contributed by atoms with van der Waals surface area (Å²) in [6, 6.07) is 5.25. The quantitative estimate of drug-likeness (QED) is 0.652. The highest BCUT2D eigenvalue weighted by molar-refractivity contribution is 5.91. The van der Waals surface area contributed by atoms with Gasteiger partial charge in [0.05, 0.1) is 17.5 Å². The first kappa shape index (κ1) is 17.3. The molecule has 0 aliphatic carbocycles. The van der Waals surface area contributed by atoms with Gasteiger partial charge in [-0.05, 0) is 42.2 Å². The summed E-state index contributed by atoms with van der Waals surface area (Å²) in [5, 5.41) is 9.17. The highest BCUT2D eigenvalue weighted by Crippen LogP contribution is 2.24. The minimum atomic E-state index is -0.939. The van der Waals surface area contributed by atoms with E-state index in [9.17, 15) is 4.79 Å². The lowest BCUT2D eigenvalue weighted by atomic mass is 9.97. The lowest BCUT2D eigenvalue weighted by Crippen LogP contribution is -2.03. The third kappa shape index (κ3) is 3.30. The molecule has 0 saturated heterocycles. The van der Waals surface area contributed by atoms with Crippen LogP contribution in [-0.4, -0.2) is 31.0 Å². The SMILES string of the molecule is CCC(=Cc1cnc2nc(N)nc(N)c2n1)c1ccc(C(=O)O)c(C)c1. The second-order valence-electron chi connectivity index (χ2n) is 5.79. The molecule has 5 N–H and O–H groups in total. The molecular weight excluding hydrogens is 332 g/mol. The number of nitrogens with two attached hydrogens (primary N) is 2. The van der Waals surface area contributed by atoms with E-state index in [0.29, 0.717) is 22.4 Å². The predicted octanol–water partition coefficient (Wildman–Crippen LogP) is 2.54. The molecule has 0 aliphatic heterocycles. The zero-order valence-electron chi connectivity index (χ0n) is 14.4. The zero-order chi connectivity index (χ0) is 18.8. The van der Waals surface area contributed by atoms with Gasteiger partial charge in [-0.2, -0.15) is 9.97 Å². The topological polar surface area (TPSA) is 141 Å². The van der Waals surface area contributed by atoms with Crippen LogP contribution in [-0.2, 0) is 0 Å². The van der Waals surface area contributed by atoms with Crippen LogP contribution >= 0.6 is 0 Å². The third-order valence-corrected chi connectivity index (χ3v) is 4.00. The van der Waals surface area contributed by atoms with E-state index in [1.54, 1.807) is 25.3 Å². The van der Waals surface area contributed by atoms with Crippen LogP contribution in [0.3, 0.4) is 0 Å². The lowest BCUT2D eigenvalue weighted by Gasteiger charge is -2.09. The molecule has 0 amide bonds. The number of aryl methyl sites for hydroxylation is 1. The molecule has 3 rings (SSSR count). The van der Waals surface area contributed by atoms with Gasteiger partial charge in [0.2, 0.25) is 5.95 Å². The maximum absolute atomic E-state index is 11.2. The summed E-state index contributed by atoms with van der Waals surface area (Å²) in [6.07, 6.45) is 4.21. The van der Waals surface area contributed by atoms with Crippen molar-refractivity contribution in [1.82, 2.24) is 19.9 Å². The van der Waals surface area contributed by atoms with Crippen LogP contribution in [0.2, 0.25) is 0 Å². The molecule has 3 aromatic rings. The van der Waals surface area contributed by atoms with Crippen molar-refractivity contribution in [2.75, 3.05) is 11.5 Å². The van der Waals surface area contributed by atoms with Crippen LogP contribution in [0.1, 0.15) is 40.5 Å². The number of carboxylic acids is 1. The van der Waals surface area contributed by atoms with Crippen LogP contribution in [0.5, 0.6) is 0 Å². The molecule has 26 heavy (non-hydrogen) atoms. The Kier molecular flexibility index (Phi) is 4.49. The standard InChI is InChI=1S/C18H18N6O2/c1-3-10(11-4-5-13(17(25)26)9(2)6-11)7-12-8-21-16-14(22-12)15(19)23-18(20)24-16/h4-8H,3H2,1-2H3,(H,25,26)(H4,19,20,21,23,24). The number of hydrogen-bond acceptors (Lipinski definition) is 7. The molecule has 132 valence electrons.